The minimum absolute atomic E-state index is 0.0350. The average molecular weight is 733 g/mol. The molecule has 0 spiro atoms. The van der Waals surface area contributed by atoms with Crippen LogP contribution < -0.4 is 5.32 Å². The summed E-state index contributed by atoms with van der Waals surface area (Å²) in [6.07, 6.45) is -4.90. The number of ether oxygens (including phenoxy) is 3. The Morgan fingerprint density at radius 1 is 0.717 bits per heavy atom. The molecular weight excluding hydrogens is 693 g/mol. The van der Waals surface area contributed by atoms with Gasteiger partial charge in [-0.15, -0.1) is 0 Å². The SMILES string of the molecule is CCOC(=O)C(COC(=O)Cc1ccc(NC(=O)c2ccccc2-c2ccc(C(F)(F)F)cc2)c(C(=O)N(C)C)c1)(C(=O)OCC)c1cccc(C)c1. The molecule has 0 aliphatic carbocycles. The van der Waals surface area contributed by atoms with E-state index in [0.29, 0.717) is 16.7 Å². The number of rotatable bonds is 13. The highest BCUT2D eigenvalue weighted by Gasteiger charge is 2.52. The van der Waals surface area contributed by atoms with Gasteiger partial charge < -0.3 is 24.4 Å². The van der Waals surface area contributed by atoms with Crippen molar-refractivity contribution in [2.24, 2.45) is 0 Å². The van der Waals surface area contributed by atoms with E-state index in [4.69, 9.17) is 14.2 Å². The van der Waals surface area contributed by atoms with E-state index in [-0.39, 0.29) is 42.0 Å². The fourth-order valence-electron chi connectivity index (χ4n) is 5.54. The van der Waals surface area contributed by atoms with Crippen molar-refractivity contribution in [1.29, 1.82) is 0 Å². The van der Waals surface area contributed by atoms with E-state index < -0.39 is 53.5 Å². The lowest BCUT2D eigenvalue weighted by Crippen LogP contribution is -2.50. The van der Waals surface area contributed by atoms with Crippen molar-refractivity contribution in [3.63, 3.8) is 0 Å². The third kappa shape index (κ3) is 9.28. The van der Waals surface area contributed by atoms with Gasteiger partial charge in [0.15, 0.2) is 0 Å². The first-order valence-corrected chi connectivity index (χ1v) is 16.6. The van der Waals surface area contributed by atoms with Gasteiger partial charge in [-0.25, -0.2) is 0 Å². The van der Waals surface area contributed by atoms with Crippen LogP contribution in [0.5, 0.6) is 0 Å². The molecule has 0 fully saturated rings. The number of alkyl halides is 3. The average Bonchev–Trinajstić information content (AvgIpc) is 3.12. The first-order valence-electron chi connectivity index (χ1n) is 16.6. The number of nitrogens with zero attached hydrogens (tertiary/aromatic N) is 1. The van der Waals surface area contributed by atoms with Gasteiger partial charge in [0.1, 0.15) is 6.61 Å². The summed E-state index contributed by atoms with van der Waals surface area (Å²) in [6.45, 7) is 4.11. The highest BCUT2D eigenvalue weighted by molar-refractivity contribution is 6.12. The van der Waals surface area contributed by atoms with Crippen LogP contribution in [0.2, 0.25) is 0 Å². The van der Waals surface area contributed by atoms with Gasteiger partial charge in [-0.3, -0.25) is 24.0 Å². The molecule has 0 saturated carbocycles. The molecule has 13 heteroatoms. The quantitative estimate of drug-likeness (QED) is 0.0905. The van der Waals surface area contributed by atoms with Crippen LogP contribution in [-0.2, 0) is 46.6 Å². The number of hydrogen-bond donors (Lipinski definition) is 1. The number of aryl methyl sites for hydroxylation is 1. The summed E-state index contributed by atoms with van der Waals surface area (Å²) < 4.78 is 55.5. The molecule has 0 saturated heterocycles. The van der Waals surface area contributed by atoms with Crippen LogP contribution in [0.15, 0.2) is 91.0 Å². The third-order valence-corrected chi connectivity index (χ3v) is 8.22. The first kappa shape index (κ1) is 39.8. The van der Waals surface area contributed by atoms with E-state index in [0.717, 1.165) is 17.7 Å². The van der Waals surface area contributed by atoms with E-state index in [9.17, 15) is 37.1 Å². The molecule has 10 nitrogen and oxygen atoms in total. The number of carbonyl (C=O) groups is 5. The van der Waals surface area contributed by atoms with Crippen molar-refractivity contribution >= 4 is 35.4 Å². The predicted octanol–water partition coefficient (Wildman–Crippen LogP) is 6.78. The normalized spacial score (nSPS) is 11.3. The van der Waals surface area contributed by atoms with Crippen LogP contribution in [0, 0.1) is 6.92 Å². The van der Waals surface area contributed by atoms with E-state index in [1.165, 1.54) is 55.4 Å². The Morgan fingerprint density at radius 3 is 1.94 bits per heavy atom. The molecule has 4 aromatic rings. The zero-order valence-electron chi connectivity index (χ0n) is 29.8. The van der Waals surface area contributed by atoms with Gasteiger partial charge in [0.05, 0.1) is 36.4 Å². The Labute approximate surface area is 304 Å². The van der Waals surface area contributed by atoms with Crippen molar-refractivity contribution in [1.82, 2.24) is 4.90 Å². The molecule has 53 heavy (non-hydrogen) atoms. The van der Waals surface area contributed by atoms with E-state index in [1.54, 1.807) is 63.2 Å². The highest BCUT2D eigenvalue weighted by atomic mass is 19.4. The van der Waals surface area contributed by atoms with E-state index in [2.05, 4.69) is 5.32 Å². The predicted molar refractivity (Wildman–Crippen MR) is 190 cm³/mol. The molecule has 0 unspecified atom stereocenters. The van der Waals surface area contributed by atoms with Crippen LogP contribution in [-0.4, -0.2) is 68.5 Å². The zero-order valence-corrected chi connectivity index (χ0v) is 29.8. The topological polar surface area (TPSA) is 128 Å². The second-order valence-corrected chi connectivity index (χ2v) is 12.2. The van der Waals surface area contributed by atoms with Crippen LogP contribution in [0.3, 0.4) is 0 Å². The number of carbonyl (C=O) groups excluding carboxylic acids is 5. The number of amides is 2. The smallest absolute Gasteiger partial charge is 0.416 e. The Kier molecular flexibility index (Phi) is 12.8. The lowest BCUT2D eigenvalue weighted by Gasteiger charge is -2.29. The van der Waals surface area contributed by atoms with Gasteiger partial charge in [0.25, 0.3) is 11.8 Å². The molecular formula is C40H39F3N2O8. The Morgan fingerprint density at radius 2 is 1.36 bits per heavy atom. The number of nitrogens with one attached hydrogen (secondary N) is 1. The number of benzene rings is 4. The lowest BCUT2D eigenvalue weighted by atomic mass is 9.80. The summed E-state index contributed by atoms with van der Waals surface area (Å²) >= 11 is 0. The van der Waals surface area contributed by atoms with Crippen LogP contribution in [0.1, 0.15) is 56.8 Å². The minimum Gasteiger partial charge on any atom is -0.465 e. The molecule has 1 N–H and O–H groups in total. The van der Waals surface area contributed by atoms with Crippen LogP contribution >= 0.6 is 0 Å². The molecule has 0 aromatic heterocycles. The Bertz CT molecular complexity index is 1970. The molecule has 278 valence electrons. The highest BCUT2D eigenvalue weighted by Crippen LogP contribution is 2.33. The van der Waals surface area contributed by atoms with Crippen molar-refractivity contribution in [3.8, 4) is 11.1 Å². The monoisotopic (exact) mass is 732 g/mol. The first-order chi connectivity index (χ1) is 25.1. The second-order valence-electron chi connectivity index (χ2n) is 12.2. The van der Waals surface area contributed by atoms with Gasteiger partial charge in [-0.2, -0.15) is 13.2 Å². The second kappa shape index (κ2) is 17.0. The summed E-state index contributed by atoms with van der Waals surface area (Å²) in [5, 5.41) is 2.72. The van der Waals surface area contributed by atoms with Crippen LogP contribution in [0.25, 0.3) is 11.1 Å². The molecule has 0 atom stereocenters. The molecule has 0 heterocycles. The minimum atomic E-state index is -4.52. The zero-order chi connectivity index (χ0) is 38.9. The largest absolute Gasteiger partial charge is 0.465 e. The number of anilines is 1. The third-order valence-electron chi connectivity index (χ3n) is 8.22. The summed E-state index contributed by atoms with van der Waals surface area (Å²) in [5.41, 5.74) is -0.636. The maximum absolute atomic E-state index is 13.6. The van der Waals surface area contributed by atoms with Crippen LogP contribution in [0.4, 0.5) is 18.9 Å². The summed E-state index contributed by atoms with van der Waals surface area (Å²) in [7, 11) is 3.01. The van der Waals surface area contributed by atoms with Crippen molar-refractivity contribution in [3.05, 3.63) is 124 Å². The molecule has 0 aliphatic rings. The maximum atomic E-state index is 13.6. The Balaban J connectivity index is 1.61. The maximum Gasteiger partial charge on any atom is 0.416 e. The molecule has 4 rings (SSSR count). The summed E-state index contributed by atoms with van der Waals surface area (Å²) in [6, 6.07) is 21.6. The standard InChI is InChI=1S/C40H39F3N2O8/c1-6-51-37(49)39(38(50)52-7-2,29-12-10-11-25(3)21-29)24-53-34(46)23-26-15-20-33(32(22-26)36(48)45(4)5)44-35(47)31-14-9-8-13-30(31)27-16-18-28(19-17-27)40(41,42)43/h8-22H,6-7,23-24H2,1-5H3,(H,44,47). The van der Waals surface area contributed by atoms with Crippen molar-refractivity contribution in [2.45, 2.75) is 38.8 Å². The van der Waals surface area contributed by atoms with E-state index in [1.807, 2.05) is 0 Å². The van der Waals surface area contributed by atoms with Gasteiger partial charge in [-0.05, 0) is 73.4 Å². The number of esters is 3. The van der Waals surface area contributed by atoms with Crippen molar-refractivity contribution < 1.29 is 51.4 Å². The number of halogens is 3. The van der Waals surface area contributed by atoms with Gasteiger partial charge >= 0.3 is 24.1 Å². The molecule has 0 aliphatic heterocycles. The van der Waals surface area contributed by atoms with Gasteiger partial charge in [-0.1, -0.05) is 66.2 Å². The summed E-state index contributed by atoms with van der Waals surface area (Å²) in [4.78, 5) is 68.2. The lowest BCUT2D eigenvalue weighted by molar-refractivity contribution is -0.170. The van der Waals surface area contributed by atoms with E-state index >= 15 is 0 Å². The Hall–Kier alpha value is -5.98. The van der Waals surface area contributed by atoms with Crippen molar-refractivity contribution in [2.75, 3.05) is 39.2 Å². The molecule has 2 amide bonds. The van der Waals surface area contributed by atoms with Gasteiger partial charge in [0, 0.05) is 19.7 Å². The summed E-state index contributed by atoms with van der Waals surface area (Å²) in [5.74, 6) is -3.87. The molecule has 4 aromatic carbocycles. The molecule has 0 radical (unpaired) electrons. The van der Waals surface area contributed by atoms with Gasteiger partial charge in [0.2, 0.25) is 5.41 Å². The number of hydrogen-bond acceptors (Lipinski definition) is 8. The molecule has 0 bridgehead atoms. The fourth-order valence-corrected chi connectivity index (χ4v) is 5.54. The fraction of sp³-hybridized carbons (Fsp3) is 0.275.